The number of nitrogens with one attached hydrogen (secondary N) is 1. The van der Waals surface area contributed by atoms with Gasteiger partial charge in [-0.1, -0.05) is 0 Å². The Morgan fingerprint density at radius 2 is 2.00 bits per heavy atom. The number of nitrogens with zero attached hydrogens (tertiary/aromatic N) is 1. The van der Waals surface area contributed by atoms with Crippen LogP contribution in [0.4, 0.5) is 5.82 Å². The SMILES string of the molecule is Cc1cc(C)nc(NS(=O)(=O)C(C)C(=O)O)c1. The quantitative estimate of drug-likeness (QED) is 0.836. The summed E-state index contributed by atoms with van der Waals surface area (Å²) in [6, 6.07) is 3.33. The molecule has 94 valence electrons. The lowest BCUT2D eigenvalue weighted by atomic mass is 10.2. The highest BCUT2D eigenvalue weighted by atomic mass is 32.2. The van der Waals surface area contributed by atoms with Crippen molar-refractivity contribution in [2.45, 2.75) is 26.0 Å². The summed E-state index contributed by atoms with van der Waals surface area (Å²) in [6.45, 7) is 4.63. The number of anilines is 1. The van der Waals surface area contributed by atoms with Gasteiger partial charge >= 0.3 is 5.97 Å². The summed E-state index contributed by atoms with van der Waals surface area (Å²) in [6.07, 6.45) is 0. The van der Waals surface area contributed by atoms with Gasteiger partial charge < -0.3 is 5.11 Å². The molecule has 1 aromatic heterocycles. The van der Waals surface area contributed by atoms with Gasteiger partial charge in [0.15, 0.2) is 5.25 Å². The number of hydrogen-bond donors (Lipinski definition) is 2. The lowest BCUT2D eigenvalue weighted by molar-refractivity contribution is -0.136. The third-order valence-corrected chi connectivity index (χ3v) is 3.78. The van der Waals surface area contributed by atoms with Crippen LogP contribution < -0.4 is 4.72 Å². The van der Waals surface area contributed by atoms with Crippen molar-refractivity contribution in [3.63, 3.8) is 0 Å². The fourth-order valence-corrected chi connectivity index (χ4v) is 2.10. The maximum Gasteiger partial charge on any atom is 0.323 e. The highest BCUT2D eigenvalue weighted by molar-refractivity contribution is 7.94. The number of pyridine rings is 1. The molecule has 0 fully saturated rings. The third kappa shape index (κ3) is 3.42. The van der Waals surface area contributed by atoms with E-state index >= 15 is 0 Å². The third-order valence-electron chi connectivity index (χ3n) is 2.16. The van der Waals surface area contributed by atoms with Crippen molar-refractivity contribution in [1.29, 1.82) is 0 Å². The van der Waals surface area contributed by atoms with Crippen LogP contribution in [0.25, 0.3) is 0 Å². The van der Waals surface area contributed by atoms with E-state index in [9.17, 15) is 13.2 Å². The summed E-state index contributed by atoms with van der Waals surface area (Å²) in [5.41, 5.74) is 1.50. The van der Waals surface area contributed by atoms with E-state index in [4.69, 9.17) is 5.11 Å². The Morgan fingerprint density at radius 3 is 2.47 bits per heavy atom. The fraction of sp³-hybridized carbons (Fsp3) is 0.400. The lowest BCUT2D eigenvalue weighted by Crippen LogP contribution is -2.32. The smallest absolute Gasteiger partial charge is 0.323 e. The molecule has 7 heteroatoms. The number of carbonyl (C=O) groups is 1. The minimum Gasteiger partial charge on any atom is -0.480 e. The minimum atomic E-state index is -3.96. The first-order valence-corrected chi connectivity index (χ1v) is 6.47. The van der Waals surface area contributed by atoms with Crippen LogP contribution >= 0.6 is 0 Å². The number of aliphatic carboxylic acids is 1. The number of aryl methyl sites for hydroxylation is 2. The molecular weight excluding hydrogens is 244 g/mol. The zero-order chi connectivity index (χ0) is 13.2. The number of aromatic nitrogens is 1. The number of carboxylic acid groups (broad SMARTS) is 1. The molecule has 6 nitrogen and oxygen atoms in total. The van der Waals surface area contributed by atoms with Gasteiger partial charge in [-0.3, -0.25) is 9.52 Å². The molecule has 0 aliphatic carbocycles. The Morgan fingerprint density at radius 1 is 1.41 bits per heavy atom. The number of rotatable bonds is 4. The summed E-state index contributed by atoms with van der Waals surface area (Å²) in [5.74, 6) is -1.27. The summed E-state index contributed by atoms with van der Waals surface area (Å²) in [5, 5.41) is 7.14. The van der Waals surface area contributed by atoms with Gasteiger partial charge in [0, 0.05) is 5.69 Å². The predicted octanol–water partition coefficient (Wildman–Crippen LogP) is 0.913. The van der Waals surface area contributed by atoms with E-state index in [0.29, 0.717) is 5.69 Å². The van der Waals surface area contributed by atoms with Crippen LogP contribution in [0, 0.1) is 13.8 Å². The first-order chi connectivity index (χ1) is 7.72. The molecule has 0 saturated carbocycles. The van der Waals surface area contributed by atoms with E-state index in [0.717, 1.165) is 12.5 Å². The number of carboxylic acids is 1. The predicted molar refractivity (Wildman–Crippen MR) is 63.4 cm³/mol. The topological polar surface area (TPSA) is 96.4 Å². The van der Waals surface area contributed by atoms with Crippen molar-refractivity contribution >= 4 is 21.8 Å². The Hall–Kier alpha value is -1.63. The molecule has 0 spiro atoms. The summed E-state index contributed by atoms with van der Waals surface area (Å²) < 4.78 is 25.4. The van der Waals surface area contributed by atoms with Gasteiger partial charge in [0.05, 0.1) is 0 Å². The van der Waals surface area contributed by atoms with Gasteiger partial charge in [-0.25, -0.2) is 13.4 Å². The molecule has 1 unspecified atom stereocenters. The first kappa shape index (κ1) is 13.4. The van der Waals surface area contributed by atoms with E-state index < -0.39 is 21.2 Å². The van der Waals surface area contributed by atoms with E-state index in [1.807, 2.05) is 0 Å². The van der Waals surface area contributed by atoms with Crippen molar-refractivity contribution < 1.29 is 18.3 Å². The molecular formula is C10H14N2O4S. The Bertz CT molecular complexity index is 519. The molecule has 0 aromatic carbocycles. The van der Waals surface area contributed by atoms with Gasteiger partial charge in [0.2, 0.25) is 10.0 Å². The zero-order valence-electron chi connectivity index (χ0n) is 9.76. The molecule has 0 bridgehead atoms. The first-order valence-electron chi connectivity index (χ1n) is 4.92. The standard InChI is InChI=1S/C10H14N2O4S/c1-6-4-7(2)11-9(5-6)12-17(15,16)8(3)10(13)14/h4-5,8H,1-3H3,(H,11,12)(H,13,14). The molecule has 1 rings (SSSR count). The number of hydrogen-bond acceptors (Lipinski definition) is 4. The van der Waals surface area contributed by atoms with E-state index in [1.165, 1.54) is 0 Å². The van der Waals surface area contributed by atoms with Crippen LogP contribution in [0.3, 0.4) is 0 Å². The maximum atomic E-state index is 11.6. The Balaban J connectivity index is 3.02. The van der Waals surface area contributed by atoms with Gasteiger partial charge in [0.1, 0.15) is 5.82 Å². The second kappa shape index (κ2) is 4.70. The molecule has 0 saturated heterocycles. The largest absolute Gasteiger partial charge is 0.480 e. The summed E-state index contributed by atoms with van der Waals surface area (Å²) in [7, 11) is -3.96. The van der Waals surface area contributed by atoms with Crippen molar-refractivity contribution in [3.8, 4) is 0 Å². The molecule has 0 amide bonds. The van der Waals surface area contributed by atoms with Crippen LogP contribution in [0.1, 0.15) is 18.2 Å². The van der Waals surface area contributed by atoms with Crippen LogP contribution in [0.2, 0.25) is 0 Å². The van der Waals surface area contributed by atoms with Gasteiger partial charge in [-0.15, -0.1) is 0 Å². The lowest BCUT2D eigenvalue weighted by Gasteiger charge is -2.11. The van der Waals surface area contributed by atoms with Crippen molar-refractivity contribution in [2.75, 3.05) is 4.72 Å². The second-order valence-electron chi connectivity index (χ2n) is 3.80. The second-order valence-corrected chi connectivity index (χ2v) is 5.80. The van der Waals surface area contributed by atoms with E-state index in [1.54, 1.807) is 26.0 Å². The fourth-order valence-electron chi connectivity index (χ4n) is 1.26. The van der Waals surface area contributed by atoms with Gasteiger partial charge in [-0.05, 0) is 38.5 Å². The van der Waals surface area contributed by atoms with Crippen LogP contribution in [0.15, 0.2) is 12.1 Å². The summed E-state index contributed by atoms with van der Waals surface area (Å²) >= 11 is 0. The highest BCUT2D eigenvalue weighted by Gasteiger charge is 2.27. The molecule has 1 atom stereocenters. The van der Waals surface area contributed by atoms with Crippen molar-refractivity contribution in [3.05, 3.63) is 23.4 Å². The van der Waals surface area contributed by atoms with E-state index in [2.05, 4.69) is 9.71 Å². The van der Waals surface area contributed by atoms with Crippen molar-refractivity contribution in [2.24, 2.45) is 0 Å². The monoisotopic (exact) mass is 258 g/mol. The van der Waals surface area contributed by atoms with Gasteiger partial charge in [0.25, 0.3) is 0 Å². The van der Waals surface area contributed by atoms with E-state index in [-0.39, 0.29) is 5.82 Å². The summed E-state index contributed by atoms with van der Waals surface area (Å²) in [4.78, 5) is 14.6. The van der Waals surface area contributed by atoms with Crippen LogP contribution in [0.5, 0.6) is 0 Å². The average molecular weight is 258 g/mol. The molecule has 2 N–H and O–H groups in total. The number of sulfonamides is 1. The molecule has 1 aromatic rings. The molecule has 0 aliphatic heterocycles. The molecule has 17 heavy (non-hydrogen) atoms. The molecule has 0 aliphatic rings. The highest BCUT2D eigenvalue weighted by Crippen LogP contribution is 2.12. The zero-order valence-corrected chi connectivity index (χ0v) is 10.6. The molecule has 1 heterocycles. The van der Waals surface area contributed by atoms with Crippen LogP contribution in [-0.2, 0) is 14.8 Å². The Kier molecular flexibility index (Phi) is 3.72. The molecule has 0 radical (unpaired) electrons. The average Bonchev–Trinajstić information content (AvgIpc) is 2.13. The maximum absolute atomic E-state index is 11.6. The minimum absolute atomic E-state index is 0.135. The Labute approximate surface area is 99.7 Å². The van der Waals surface area contributed by atoms with Crippen molar-refractivity contribution in [1.82, 2.24) is 4.98 Å². The van der Waals surface area contributed by atoms with Gasteiger partial charge in [-0.2, -0.15) is 0 Å². The normalized spacial score (nSPS) is 13.1. The van der Waals surface area contributed by atoms with Crippen LogP contribution in [-0.4, -0.2) is 29.7 Å².